The average molecular weight is 1740 g/mol. The molecule has 0 aliphatic rings. The van der Waals surface area contributed by atoms with E-state index in [9.17, 15) is 33.2 Å². The first kappa shape index (κ1) is 89.2. The number of carbonyl (C=O) groups is 4. The number of phosphoric ester groups is 1. The lowest BCUT2D eigenvalue weighted by Crippen LogP contribution is -2.33. The maximum Gasteiger partial charge on any atom is 0.472 e. The highest BCUT2D eigenvalue weighted by molar-refractivity contribution is 7.53. The summed E-state index contributed by atoms with van der Waals surface area (Å²) in [5.74, 6) is 1.34. The molecule has 9 aromatic heterocycles. The molecule has 0 aliphatic carbocycles. The molecule has 0 saturated heterocycles. The number of hydrogen-bond acceptors (Lipinski definition) is 23. The van der Waals surface area contributed by atoms with E-state index in [1.54, 1.807) is 112 Å². The topological polar surface area (TPSA) is 382 Å². The molecule has 12 aromatic rings. The number of aryl methyl sites for hydroxylation is 3. The zero-order valence-corrected chi connectivity index (χ0v) is 71.4. The van der Waals surface area contributed by atoms with Crippen molar-refractivity contribution in [3.8, 4) is 51.0 Å². The monoisotopic (exact) mass is 1740 g/mol. The highest BCUT2D eigenvalue weighted by Crippen LogP contribution is 2.44. The molecule has 7 N–H and O–H groups in total. The van der Waals surface area contributed by atoms with Gasteiger partial charge < -0.3 is 54.8 Å². The Hall–Kier alpha value is -9.18. The minimum atomic E-state index is -4.62. The van der Waals surface area contributed by atoms with E-state index in [-0.39, 0.29) is 23.9 Å². The second-order valence-corrected chi connectivity index (χ2v) is 33.5. The first-order chi connectivity index (χ1) is 55.9. The van der Waals surface area contributed by atoms with Crippen molar-refractivity contribution in [1.29, 1.82) is 0 Å². The molecule has 0 fully saturated rings. The Morgan fingerprint density at radius 3 is 1.16 bits per heavy atom. The van der Waals surface area contributed by atoms with Gasteiger partial charge in [-0.2, -0.15) is 15.3 Å². The van der Waals surface area contributed by atoms with Crippen molar-refractivity contribution in [3.63, 3.8) is 0 Å². The van der Waals surface area contributed by atoms with Crippen molar-refractivity contribution in [2.75, 3.05) is 56.1 Å². The van der Waals surface area contributed by atoms with E-state index in [2.05, 4.69) is 69.9 Å². The van der Waals surface area contributed by atoms with Gasteiger partial charge in [-0.3, -0.25) is 14.4 Å². The zero-order chi connectivity index (χ0) is 82.7. The van der Waals surface area contributed by atoms with E-state index in [0.717, 1.165) is 75.3 Å². The van der Waals surface area contributed by atoms with Crippen molar-refractivity contribution >= 4 is 159 Å². The summed E-state index contributed by atoms with van der Waals surface area (Å²) in [6.45, 7) is 10.9. The van der Waals surface area contributed by atoms with Crippen molar-refractivity contribution in [1.82, 2.24) is 67.6 Å². The summed E-state index contributed by atoms with van der Waals surface area (Å²) in [4.78, 5) is 94.2. The molecule has 1 unspecified atom stereocenters. The summed E-state index contributed by atoms with van der Waals surface area (Å²) in [7, 11) is -4.44. The molecule has 0 radical (unpaired) electrons. The maximum absolute atomic E-state index is 12.7. The van der Waals surface area contributed by atoms with Crippen LogP contribution in [0, 0.1) is 0 Å². The standard InChI is InChI=1S/C28H34ClN7O3S.C26H31ClN5O4PS.C24H27ClN5O6PS/c1-4-5-6-7-8-14-36-26-22(25(34-36)33-27(37)20-17-31-40-18-20)16-23(29)24(32-26)19-9-11-21(12-10-19)39-28(38)30-13-15-35(2)3;1-3-5-6-7-8-13-32-25-21(24(31-32)30-26(33)19-16-28-38-17-19)15-22(27)23(29-25)18-9-11-20(12-10-18)36-37(34,35)14-4-2;1-2-3-4-5-6-11-30-23-19(22(29-30)28-24(31)17-13-26-38-14-17)12-20(25)21(27-23)16-7-9-18(10-8-16)35-15-36-37(32,33)34/h9-12,16-18H,4-8,13-15H2,1-3H3,(H,30,38)(H,33,34,37);9-12,15-17H,3-8,13-14H2,1-2H3,(H,34,35)(H,30,31,33);7-10,12-14H,2-6,11,15H2,1H3,(H,28,29,31)(H2,32,33,34). The van der Waals surface area contributed by atoms with Gasteiger partial charge in [0.2, 0.25) is 0 Å². The number of anilines is 3. The van der Waals surface area contributed by atoms with Crippen molar-refractivity contribution in [2.24, 2.45) is 0 Å². The van der Waals surface area contributed by atoms with Crippen LogP contribution in [0.1, 0.15) is 162 Å². The van der Waals surface area contributed by atoms with Gasteiger partial charge in [0.15, 0.2) is 41.2 Å². The van der Waals surface area contributed by atoms with E-state index in [0.29, 0.717) is 161 Å². The third kappa shape index (κ3) is 25.9. The molecule has 4 amide bonds. The van der Waals surface area contributed by atoms with Gasteiger partial charge in [-0.25, -0.2) is 60.6 Å². The summed E-state index contributed by atoms with van der Waals surface area (Å²) in [5.41, 5.74) is 7.03. The van der Waals surface area contributed by atoms with Crippen LogP contribution in [0.25, 0.3) is 66.9 Å². The van der Waals surface area contributed by atoms with Gasteiger partial charge in [0.1, 0.15) is 17.2 Å². The third-order valence-electron chi connectivity index (χ3n) is 17.9. The predicted molar refractivity (Wildman–Crippen MR) is 457 cm³/mol. The Balaban J connectivity index is 0.000000184. The van der Waals surface area contributed by atoms with Gasteiger partial charge in [0.05, 0.1) is 89.8 Å². The zero-order valence-electron chi connectivity index (χ0n) is 64.9. The summed E-state index contributed by atoms with van der Waals surface area (Å²) in [6, 6.07) is 25.7. The molecule has 0 spiro atoms. The van der Waals surface area contributed by atoms with E-state index in [4.69, 9.17) is 78.6 Å². The van der Waals surface area contributed by atoms with Crippen LogP contribution in [0.2, 0.25) is 15.1 Å². The number of amides is 4. The average Bonchev–Trinajstić information content (AvgIpc) is 1.62. The van der Waals surface area contributed by atoms with E-state index in [1.807, 2.05) is 35.3 Å². The first-order valence-electron chi connectivity index (χ1n) is 38.0. The summed E-state index contributed by atoms with van der Waals surface area (Å²) >= 11 is 23.6. The normalized spacial score (nSPS) is 11.9. The Morgan fingerprint density at radius 2 is 0.836 bits per heavy atom. The number of aromatic nitrogens is 12. The number of phosphoric acid groups is 1. The number of benzene rings is 3. The number of halogens is 3. The molecule has 116 heavy (non-hydrogen) atoms. The quantitative estimate of drug-likeness (QED) is 0.0107. The number of nitrogens with one attached hydrogen (secondary N) is 4. The number of pyridine rings is 3. The molecule has 0 bridgehead atoms. The SMILES string of the molecule is CCCCCCCn1nc(NC(=O)c2cnsc2)c2cc(Cl)c(-c3ccc(OC(=O)NCCN(C)C)cc3)nc21.CCCCCCCn1nc(NC(=O)c2cnsc2)c2cc(Cl)c(-c3ccc(OCOP(=O)(O)O)cc3)nc21.CCCCCCCn1nc(NC(=O)c2cnsc2)c2cc(Cl)c(-c3ccc(OP(=O)(O)CCC)cc3)nc21. The maximum atomic E-state index is 12.7. The first-order valence-corrected chi connectivity index (χ1v) is 44.9. The van der Waals surface area contributed by atoms with E-state index >= 15 is 0 Å². The van der Waals surface area contributed by atoms with E-state index < -0.39 is 28.3 Å². The number of rotatable bonds is 39. The van der Waals surface area contributed by atoms with Gasteiger partial charge in [0, 0.05) is 65.6 Å². The fourth-order valence-corrected chi connectivity index (χ4v) is 15.5. The molecule has 12 rings (SSSR count). The second-order valence-electron chi connectivity index (χ2n) is 27.2. The lowest BCUT2D eigenvalue weighted by molar-refractivity contribution is 0.0827. The lowest BCUT2D eigenvalue weighted by atomic mass is 10.1. The minimum absolute atomic E-state index is 0.0863. The van der Waals surface area contributed by atoms with Crippen LogP contribution < -0.4 is 35.3 Å². The van der Waals surface area contributed by atoms with Gasteiger partial charge in [0.25, 0.3) is 17.7 Å². The van der Waals surface area contributed by atoms with Crippen molar-refractivity contribution in [3.05, 3.63) is 157 Å². The highest BCUT2D eigenvalue weighted by atomic mass is 35.5. The molecule has 9 heterocycles. The van der Waals surface area contributed by atoms with Crippen LogP contribution in [0.5, 0.6) is 17.2 Å². The molecule has 30 nitrogen and oxygen atoms in total. The molecular weight excluding hydrogens is 1650 g/mol. The summed E-state index contributed by atoms with van der Waals surface area (Å²) in [6.07, 6.45) is 21.2. The van der Waals surface area contributed by atoms with Crippen LogP contribution >= 0.6 is 84.8 Å². The van der Waals surface area contributed by atoms with Crippen LogP contribution in [0.4, 0.5) is 22.2 Å². The largest absolute Gasteiger partial charge is 0.472 e. The van der Waals surface area contributed by atoms with Crippen molar-refractivity contribution in [2.45, 2.75) is 150 Å². The Labute approximate surface area is 698 Å². The number of ether oxygens (including phenoxy) is 2. The number of unbranched alkanes of at least 4 members (excludes halogenated alkanes) is 12. The van der Waals surface area contributed by atoms with Crippen molar-refractivity contribution < 1.29 is 61.5 Å². The third-order valence-corrected chi connectivity index (χ3v) is 22.4. The molecule has 0 saturated carbocycles. The van der Waals surface area contributed by atoms with Gasteiger partial charge >= 0.3 is 21.5 Å². The van der Waals surface area contributed by atoms with Crippen LogP contribution in [-0.4, -0.2) is 141 Å². The summed E-state index contributed by atoms with van der Waals surface area (Å²) < 4.78 is 60.5. The smallest absolute Gasteiger partial charge is 0.467 e. The number of hydrogen-bond donors (Lipinski definition) is 7. The molecule has 0 aliphatic heterocycles. The van der Waals surface area contributed by atoms with Crippen LogP contribution in [-0.2, 0) is 33.3 Å². The number of carbonyl (C=O) groups excluding carboxylic acids is 4. The Morgan fingerprint density at radius 1 is 0.483 bits per heavy atom. The number of fused-ring (bicyclic) bond motifs is 3. The van der Waals surface area contributed by atoms with E-state index in [1.165, 1.54) is 85.3 Å². The summed E-state index contributed by atoms with van der Waals surface area (Å²) in [5, 5.41) is 33.5. The highest BCUT2D eigenvalue weighted by Gasteiger charge is 2.26. The van der Waals surface area contributed by atoms with Gasteiger partial charge in [-0.15, -0.1) is 0 Å². The molecule has 1 atom stereocenters. The van der Waals surface area contributed by atoms with Gasteiger partial charge in [-0.05, 0) is 165 Å². The molecule has 38 heteroatoms. The molecule has 3 aromatic carbocycles. The fourth-order valence-electron chi connectivity index (χ4n) is 11.9. The minimum Gasteiger partial charge on any atom is -0.467 e. The predicted octanol–water partition coefficient (Wildman–Crippen LogP) is 19.4. The Bertz CT molecular complexity index is 5310. The molecular formula is C78H92Cl3N17O13P2S3. The number of likely N-dealkylation sites (N-methyl/N-ethyl adjacent to an activating group) is 1. The second kappa shape index (κ2) is 43.9. The van der Waals surface area contributed by atoms with Crippen LogP contribution in [0.3, 0.4) is 0 Å². The lowest BCUT2D eigenvalue weighted by Gasteiger charge is -2.13. The van der Waals surface area contributed by atoms with Crippen LogP contribution in [0.15, 0.2) is 126 Å². The molecule has 616 valence electrons. The fraction of sp³-hybridized carbons (Fsp3) is 0.372. The number of nitrogens with zero attached hydrogens (tertiary/aromatic N) is 13. The Kier molecular flexibility index (Phi) is 33.7. The van der Waals surface area contributed by atoms with Gasteiger partial charge in [-0.1, -0.05) is 140 Å².